The number of carbonyl (C=O) groups is 1. The molecule has 1 heterocycles. The van der Waals surface area contributed by atoms with Crippen molar-refractivity contribution in [2.45, 2.75) is 6.92 Å². The van der Waals surface area contributed by atoms with Crippen molar-refractivity contribution in [3.63, 3.8) is 0 Å². The molecule has 0 saturated carbocycles. The quantitative estimate of drug-likeness (QED) is 0.525. The summed E-state index contributed by atoms with van der Waals surface area (Å²) in [7, 11) is 4.61. The second-order valence-corrected chi connectivity index (χ2v) is 5.97. The Morgan fingerprint density at radius 2 is 1.71 bits per heavy atom. The molecule has 0 saturated heterocycles. The number of rotatable bonds is 6. The molecular formula is C21H21N3O4. The maximum Gasteiger partial charge on any atom is 0.273 e. The van der Waals surface area contributed by atoms with Crippen LogP contribution in [0.4, 0.5) is 0 Å². The van der Waals surface area contributed by atoms with Gasteiger partial charge in [-0.1, -0.05) is 18.2 Å². The number of ether oxygens (including phenoxy) is 3. The number of hydrazone groups is 1. The minimum Gasteiger partial charge on any atom is -0.493 e. The summed E-state index contributed by atoms with van der Waals surface area (Å²) in [5.41, 5.74) is 5.17. The first kappa shape index (κ1) is 19.2. The molecule has 0 spiro atoms. The number of hydrogen-bond donors (Lipinski definition) is 1. The van der Waals surface area contributed by atoms with E-state index in [0.29, 0.717) is 34.1 Å². The number of para-hydroxylation sites is 1. The van der Waals surface area contributed by atoms with Crippen LogP contribution in [0, 0.1) is 6.92 Å². The lowest BCUT2D eigenvalue weighted by atomic mass is 10.1. The Morgan fingerprint density at radius 3 is 2.36 bits per heavy atom. The van der Waals surface area contributed by atoms with E-state index in [1.165, 1.54) is 27.5 Å². The molecule has 7 nitrogen and oxygen atoms in total. The van der Waals surface area contributed by atoms with Gasteiger partial charge < -0.3 is 14.2 Å². The minimum absolute atomic E-state index is 0.334. The molecule has 28 heavy (non-hydrogen) atoms. The van der Waals surface area contributed by atoms with Gasteiger partial charge in [-0.3, -0.25) is 9.78 Å². The van der Waals surface area contributed by atoms with Gasteiger partial charge in [-0.25, -0.2) is 5.43 Å². The van der Waals surface area contributed by atoms with Crippen LogP contribution in [0.3, 0.4) is 0 Å². The Morgan fingerprint density at radius 1 is 1.04 bits per heavy atom. The van der Waals surface area contributed by atoms with Gasteiger partial charge in [0.15, 0.2) is 11.5 Å². The highest BCUT2D eigenvalue weighted by atomic mass is 16.5. The van der Waals surface area contributed by atoms with Gasteiger partial charge in [0.2, 0.25) is 5.75 Å². The second-order valence-electron chi connectivity index (χ2n) is 5.97. The van der Waals surface area contributed by atoms with Crippen molar-refractivity contribution in [1.29, 1.82) is 0 Å². The topological polar surface area (TPSA) is 82.0 Å². The Hall–Kier alpha value is -3.61. The summed E-state index contributed by atoms with van der Waals surface area (Å²) in [6, 6.07) is 12.9. The average molecular weight is 379 g/mol. The molecule has 0 bridgehead atoms. The van der Waals surface area contributed by atoms with E-state index in [2.05, 4.69) is 15.5 Å². The number of aromatic nitrogens is 1. The number of hydrogen-bond acceptors (Lipinski definition) is 6. The third kappa shape index (κ3) is 3.88. The zero-order valence-electron chi connectivity index (χ0n) is 16.1. The summed E-state index contributed by atoms with van der Waals surface area (Å²) < 4.78 is 15.9. The second kappa shape index (κ2) is 8.39. The number of nitrogens with one attached hydrogen (secondary N) is 1. The lowest BCUT2D eigenvalue weighted by Crippen LogP contribution is -2.19. The molecule has 0 radical (unpaired) electrons. The molecule has 0 aliphatic heterocycles. The van der Waals surface area contributed by atoms with Crippen molar-refractivity contribution in [2.24, 2.45) is 5.10 Å². The number of nitrogens with zero attached hydrogens (tertiary/aromatic N) is 2. The molecule has 3 aromatic rings. The van der Waals surface area contributed by atoms with Crippen LogP contribution in [0.25, 0.3) is 10.9 Å². The maximum absolute atomic E-state index is 12.5. The van der Waals surface area contributed by atoms with E-state index in [9.17, 15) is 4.79 Å². The number of methoxy groups -OCH3 is 3. The highest BCUT2D eigenvalue weighted by Crippen LogP contribution is 2.37. The van der Waals surface area contributed by atoms with Crippen LogP contribution in [0.5, 0.6) is 17.2 Å². The van der Waals surface area contributed by atoms with Crippen LogP contribution < -0.4 is 19.6 Å². The van der Waals surface area contributed by atoms with Crippen molar-refractivity contribution in [3.8, 4) is 17.2 Å². The van der Waals surface area contributed by atoms with Crippen LogP contribution in [0.15, 0.2) is 47.6 Å². The number of benzene rings is 2. The zero-order valence-corrected chi connectivity index (χ0v) is 16.1. The summed E-state index contributed by atoms with van der Waals surface area (Å²) >= 11 is 0. The fraction of sp³-hybridized carbons (Fsp3) is 0.190. The molecule has 0 aliphatic rings. The Labute approximate surface area is 162 Å². The fourth-order valence-corrected chi connectivity index (χ4v) is 2.84. The summed E-state index contributed by atoms with van der Waals surface area (Å²) in [4.78, 5) is 17.0. The van der Waals surface area contributed by atoms with Gasteiger partial charge >= 0.3 is 0 Å². The summed E-state index contributed by atoms with van der Waals surface area (Å²) in [5.74, 6) is 1.16. The van der Waals surface area contributed by atoms with Gasteiger partial charge in [0.25, 0.3) is 5.91 Å². The van der Waals surface area contributed by atoms with Crippen molar-refractivity contribution < 1.29 is 19.0 Å². The average Bonchev–Trinajstić information content (AvgIpc) is 2.72. The third-order valence-corrected chi connectivity index (χ3v) is 4.23. The van der Waals surface area contributed by atoms with Crippen molar-refractivity contribution in [3.05, 3.63) is 59.3 Å². The number of amides is 1. The zero-order chi connectivity index (χ0) is 20.1. The van der Waals surface area contributed by atoms with E-state index in [1.54, 1.807) is 19.1 Å². The highest BCUT2D eigenvalue weighted by molar-refractivity contribution is 5.99. The molecule has 0 unspecified atom stereocenters. The van der Waals surface area contributed by atoms with Crippen LogP contribution in [0.1, 0.15) is 21.6 Å². The van der Waals surface area contributed by atoms with E-state index in [4.69, 9.17) is 14.2 Å². The molecule has 7 heteroatoms. The largest absolute Gasteiger partial charge is 0.493 e. The molecular weight excluding hydrogens is 358 g/mol. The Bertz CT molecular complexity index is 1020. The van der Waals surface area contributed by atoms with Gasteiger partial charge in [0.1, 0.15) is 0 Å². The number of aryl methyl sites for hydroxylation is 1. The lowest BCUT2D eigenvalue weighted by molar-refractivity contribution is 0.0954. The van der Waals surface area contributed by atoms with Crippen LogP contribution in [0.2, 0.25) is 0 Å². The van der Waals surface area contributed by atoms with Gasteiger partial charge in [-0.05, 0) is 31.2 Å². The first-order chi connectivity index (χ1) is 13.6. The van der Waals surface area contributed by atoms with E-state index in [-0.39, 0.29) is 5.91 Å². The fourth-order valence-electron chi connectivity index (χ4n) is 2.84. The molecule has 0 fully saturated rings. The van der Waals surface area contributed by atoms with Crippen LogP contribution >= 0.6 is 0 Å². The minimum atomic E-state index is -0.334. The summed E-state index contributed by atoms with van der Waals surface area (Å²) in [6.07, 6.45) is 1.51. The lowest BCUT2D eigenvalue weighted by Gasteiger charge is -2.12. The van der Waals surface area contributed by atoms with Crippen molar-refractivity contribution >= 4 is 23.0 Å². The van der Waals surface area contributed by atoms with E-state index in [0.717, 1.165) is 10.9 Å². The molecule has 0 aliphatic carbocycles. The molecule has 2 aromatic carbocycles. The van der Waals surface area contributed by atoms with Gasteiger partial charge in [-0.2, -0.15) is 5.10 Å². The number of pyridine rings is 1. The first-order valence-electron chi connectivity index (χ1n) is 8.57. The number of carbonyl (C=O) groups excluding carboxylic acids is 1. The van der Waals surface area contributed by atoms with E-state index in [1.807, 2.05) is 30.3 Å². The van der Waals surface area contributed by atoms with Gasteiger partial charge in [0, 0.05) is 10.9 Å². The van der Waals surface area contributed by atoms with Crippen molar-refractivity contribution in [2.75, 3.05) is 21.3 Å². The molecule has 1 N–H and O–H groups in total. The smallest absolute Gasteiger partial charge is 0.273 e. The highest BCUT2D eigenvalue weighted by Gasteiger charge is 2.13. The van der Waals surface area contributed by atoms with Crippen LogP contribution in [-0.2, 0) is 0 Å². The molecule has 0 atom stereocenters. The number of fused-ring (bicyclic) bond motifs is 1. The van der Waals surface area contributed by atoms with Crippen LogP contribution in [-0.4, -0.2) is 38.4 Å². The van der Waals surface area contributed by atoms with Crippen molar-refractivity contribution in [1.82, 2.24) is 10.4 Å². The standard InChI is InChI=1S/C21H21N3O4/c1-13-16(11-15-7-5-6-8-17(15)23-13)21(25)24-22-12-14-9-18(26-2)20(28-4)19(10-14)27-3/h5-12H,1-4H3,(H,24,25)/b22-12+. The normalized spacial score (nSPS) is 10.9. The predicted molar refractivity (Wildman–Crippen MR) is 108 cm³/mol. The van der Waals surface area contributed by atoms with Gasteiger partial charge in [-0.15, -0.1) is 0 Å². The summed E-state index contributed by atoms with van der Waals surface area (Å²) in [6.45, 7) is 1.80. The maximum atomic E-state index is 12.5. The van der Waals surface area contributed by atoms with Gasteiger partial charge in [0.05, 0.1) is 44.3 Å². The Kier molecular flexibility index (Phi) is 5.74. The molecule has 1 amide bonds. The third-order valence-electron chi connectivity index (χ3n) is 4.23. The molecule has 3 rings (SSSR count). The first-order valence-corrected chi connectivity index (χ1v) is 8.57. The predicted octanol–water partition coefficient (Wildman–Crippen LogP) is 3.33. The Balaban J connectivity index is 1.81. The van der Waals surface area contributed by atoms with E-state index < -0.39 is 0 Å². The molecule has 1 aromatic heterocycles. The molecule has 144 valence electrons. The monoisotopic (exact) mass is 379 g/mol. The van der Waals surface area contributed by atoms with E-state index >= 15 is 0 Å². The summed E-state index contributed by atoms with van der Waals surface area (Å²) in [5, 5.41) is 4.94. The SMILES string of the molecule is COc1cc(/C=N/NC(=O)c2cc3ccccc3nc2C)cc(OC)c1OC.